The Labute approximate surface area is 148 Å². The molecule has 0 atom stereocenters. The third kappa shape index (κ3) is 3.86. The first kappa shape index (κ1) is 16.7. The number of phenols is 2. The van der Waals surface area contributed by atoms with Gasteiger partial charge in [0.25, 0.3) is 0 Å². The van der Waals surface area contributed by atoms with Crippen molar-refractivity contribution in [3.63, 3.8) is 0 Å². The van der Waals surface area contributed by atoms with E-state index in [1.54, 1.807) is 13.2 Å². The van der Waals surface area contributed by atoms with Crippen LogP contribution >= 0.6 is 12.2 Å². The van der Waals surface area contributed by atoms with Gasteiger partial charge in [-0.1, -0.05) is 12.1 Å². The molecule has 0 radical (unpaired) electrons. The number of benzene rings is 2. The Morgan fingerprint density at radius 3 is 2.68 bits per heavy atom. The topological polar surface area (TPSA) is 95.7 Å². The predicted octanol–water partition coefficient (Wildman–Crippen LogP) is 2.83. The smallest absolute Gasteiger partial charge is 0.216 e. The van der Waals surface area contributed by atoms with Gasteiger partial charge < -0.3 is 14.9 Å². The summed E-state index contributed by atoms with van der Waals surface area (Å²) < 4.78 is 6.98. The largest absolute Gasteiger partial charge is 0.508 e. The van der Waals surface area contributed by atoms with Crippen molar-refractivity contribution in [1.82, 2.24) is 14.9 Å². The zero-order valence-corrected chi connectivity index (χ0v) is 14.2. The fourth-order valence-corrected chi connectivity index (χ4v) is 2.44. The van der Waals surface area contributed by atoms with Gasteiger partial charge >= 0.3 is 0 Å². The third-order valence-corrected chi connectivity index (χ3v) is 3.83. The zero-order valence-electron chi connectivity index (χ0n) is 13.4. The van der Waals surface area contributed by atoms with Gasteiger partial charge in [-0.3, -0.25) is 5.10 Å². The Bertz CT molecular complexity index is 961. The van der Waals surface area contributed by atoms with Crippen LogP contribution in [0.25, 0.3) is 0 Å². The summed E-state index contributed by atoms with van der Waals surface area (Å²) in [6.45, 7) is 0. The molecule has 3 aromatic rings. The Morgan fingerprint density at radius 1 is 1.24 bits per heavy atom. The Kier molecular flexibility index (Phi) is 4.80. The summed E-state index contributed by atoms with van der Waals surface area (Å²) in [5, 5.41) is 30.3. The van der Waals surface area contributed by atoms with Crippen molar-refractivity contribution >= 4 is 18.4 Å². The van der Waals surface area contributed by atoms with Gasteiger partial charge in [-0.25, -0.2) is 0 Å². The van der Waals surface area contributed by atoms with Gasteiger partial charge in [0.15, 0.2) is 5.82 Å². The van der Waals surface area contributed by atoms with E-state index < -0.39 is 0 Å². The third-order valence-electron chi connectivity index (χ3n) is 3.57. The minimum Gasteiger partial charge on any atom is -0.508 e. The number of nitrogens with one attached hydrogen (secondary N) is 1. The first-order valence-electron chi connectivity index (χ1n) is 7.42. The van der Waals surface area contributed by atoms with Crippen molar-refractivity contribution in [3.05, 3.63) is 64.2 Å². The van der Waals surface area contributed by atoms with E-state index in [0.717, 1.165) is 11.3 Å². The number of phenolic OH excluding ortho intramolecular Hbond substituents is 2. The molecule has 0 saturated carbocycles. The second-order valence-electron chi connectivity index (χ2n) is 5.27. The number of aromatic amines is 1. The van der Waals surface area contributed by atoms with Gasteiger partial charge in [0.2, 0.25) is 4.77 Å². The molecule has 0 fully saturated rings. The molecule has 0 unspecified atom stereocenters. The van der Waals surface area contributed by atoms with Crippen molar-refractivity contribution < 1.29 is 14.9 Å². The summed E-state index contributed by atoms with van der Waals surface area (Å²) >= 11 is 5.21. The van der Waals surface area contributed by atoms with Gasteiger partial charge in [0, 0.05) is 18.1 Å². The molecule has 0 aliphatic rings. The number of methoxy groups -OCH3 is 1. The van der Waals surface area contributed by atoms with Crippen LogP contribution in [0.4, 0.5) is 0 Å². The summed E-state index contributed by atoms with van der Waals surface area (Å²) in [4.78, 5) is 0. The molecule has 0 aliphatic heterocycles. The maximum Gasteiger partial charge on any atom is 0.216 e. The van der Waals surface area contributed by atoms with E-state index in [-0.39, 0.29) is 11.5 Å². The minimum atomic E-state index is -0.0736. The zero-order chi connectivity index (χ0) is 17.8. The number of aromatic nitrogens is 3. The molecule has 3 N–H and O–H groups in total. The van der Waals surface area contributed by atoms with E-state index in [2.05, 4.69) is 15.3 Å². The molecule has 0 bridgehead atoms. The van der Waals surface area contributed by atoms with E-state index in [0.29, 0.717) is 22.6 Å². The van der Waals surface area contributed by atoms with E-state index in [4.69, 9.17) is 17.0 Å². The van der Waals surface area contributed by atoms with E-state index in [9.17, 15) is 10.2 Å². The monoisotopic (exact) mass is 356 g/mol. The van der Waals surface area contributed by atoms with Crippen LogP contribution in [0.1, 0.15) is 17.0 Å². The average Bonchev–Trinajstić information content (AvgIpc) is 2.95. The molecular weight excluding hydrogens is 340 g/mol. The average molecular weight is 356 g/mol. The molecule has 2 aromatic carbocycles. The van der Waals surface area contributed by atoms with Gasteiger partial charge in [-0.05, 0) is 42.0 Å². The van der Waals surface area contributed by atoms with Gasteiger partial charge in [-0.2, -0.15) is 14.9 Å². The van der Waals surface area contributed by atoms with Crippen LogP contribution in [0.5, 0.6) is 17.2 Å². The van der Waals surface area contributed by atoms with Crippen LogP contribution in [0.15, 0.2) is 47.6 Å². The lowest BCUT2D eigenvalue weighted by atomic mass is 10.1. The van der Waals surface area contributed by atoms with Crippen molar-refractivity contribution in [2.45, 2.75) is 6.42 Å². The Hall–Kier alpha value is -3.13. The van der Waals surface area contributed by atoms with Crippen LogP contribution in [0, 0.1) is 4.77 Å². The van der Waals surface area contributed by atoms with Crippen LogP contribution < -0.4 is 4.74 Å². The number of rotatable bonds is 5. The highest BCUT2D eigenvalue weighted by atomic mass is 32.1. The van der Waals surface area contributed by atoms with Crippen molar-refractivity contribution in [2.75, 3.05) is 7.11 Å². The lowest BCUT2D eigenvalue weighted by Gasteiger charge is -2.04. The summed E-state index contributed by atoms with van der Waals surface area (Å²) in [5.74, 6) is 1.32. The molecule has 0 spiro atoms. The number of ether oxygens (including phenoxy) is 1. The fourth-order valence-electron chi connectivity index (χ4n) is 2.24. The molecule has 1 heterocycles. The number of hydrogen-bond acceptors (Lipinski definition) is 6. The quantitative estimate of drug-likeness (QED) is 0.483. The molecule has 0 saturated heterocycles. The molecule has 0 aliphatic carbocycles. The van der Waals surface area contributed by atoms with Gasteiger partial charge in [0.05, 0.1) is 13.3 Å². The molecule has 3 rings (SSSR count). The Balaban J connectivity index is 1.86. The standard InChI is InChI=1S/C17H16N4O3S/c1-24-14-6-2-11(3-7-14)8-16-19-20-17(25)21(16)18-10-12-4-5-13(22)9-15(12)23/h2-7,9-10,22-23H,8H2,1H3,(H,20,25)/b18-10+. The summed E-state index contributed by atoms with van der Waals surface area (Å²) in [6.07, 6.45) is 1.98. The molecular formula is C17H16N4O3S. The second-order valence-corrected chi connectivity index (χ2v) is 5.66. The number of aromatic hydroxyl groups is 2. The SMILES string of the molecule is COc1ccc(Cc2n[nH]c(=S)n2/N=C/c2ccc(O)cc2O)cc1. The maximum atomic E-state index is 9.82. The highest BCUT2D eigenvalue weighted by Crippen LogP contribution is 2.21. The first-order chi connectivity index (χ1) is 12.1. The lowest BCUT2D eigenvalue weighted by Crippen LogP contribution is -2.00. The molecule has 7 nitrogen and oxygen atoms in total. The van der Waals surface area contributed by atoms with E-state index in [1.807, 2.05) is 24.3 Å². The lowest BCUT2D eigenvalue weighted by molar-refractivity contribution is 0.414. The van der Waals surface area contributed by atoms with Crippen molar-refractivity contribution in [2.24, 2.45) is 5.10 Å². The molecule has 1 aromatic heterocycles. The summed E-state index contributed by atoms with van der Waals surface area (Å²) in [6, 6.07) is 11.9. The molecule has 8 heteroatoms. The predicted molar refractivity (Wildman–Crippen MR) is 96.0 cm³/mol. The van der Waals surface area contributed by atoms with Crippen LogP contribution in [-0.2, 0) is 6.42 Å². The van der Waals surface area contributed by atoms with Gasteiger partial charge in [-0.15, -0.1) is 0 Å². The second kappa shape index (κ2) is 7.18. The summed E-state index contributed by atoms with van der Waals surface area (Å²) in [5.41, 5.74) is 1.48. The van der Waals surface area contributed by atoms with Crippen molar-refractivity contribution in [1.29, 1.82) is 0 Å². The highest BCUT2D eigenvalue weighted by Gasteiger charge is 2.07. The maximum absolute atomic E-state index is 9.82. The molecule has 0 amide bonds. The number of hydrogen-bond donors (Lipinski definition) is 3. The molecule has 128 valence electrons. The minimum absolute atomic E-state index is 0.0187. The van der Waals surface area contributed by atoms with Crippen LogP contribution in [0.2, 0.25) is 0 Å². The van der Waals surface area contributed by atoms with E-state index >= 15 is 0 Å². The van der Waals surface area contributed by atoms with Crippen LogP contribution in [0.3, 0.4) is 0 Å². The Morgan fingerprint density at radius 2 is 2.00 bits per heavy atom. The van der Waals surface area contributed by atoms with Gasteiger partial charge in [0.1, 0.15) is 17.2 Å². The van der Waals surface area contributed by atoms with E-state index in [1.165, 1.54) is 23.0 Å². The normalized spacial score (nSPS) is 11.1. The number of H-pyrrole nitrogens is 1. The first-order valence-corrected chi connectivity index (χ1v) is 7.83. The summed E-state index contributed by atoms with van der Waals surface area (Å²) in [7, 11) is 1.62. The highest BCUT2D eigenvalue weighted by molar-refractivity contribution is 7.71. The fraction of sp³-hybridized carbons (Fsp3) is 0.118. The molecule has 25 heavy (non-hydrogen) atoms. The van der Waals surface area contributed by atoms with Crippen molar-refractivity contribution in [3.8, 4) is 17.2 Å². The van der Waals surface area contributed by atoms with Crippen LogP contribution in [-0.4, -0.2) is 38.4 Å². The number of nitrogens with zero attached hydrogens (tertiary/aromatic N) is 3.